The number of hydrazone groups is 1. The van der Waals surface area contributed by atoms with Gasteiger partial charge in [-0.1, -0.05) is 30.3 Å². The minimum absolute atomic E-state index is 0.114. The van der Waals surface area contributed by atoms with Crippen molar-refractivity contribution in [3.63, 3.8) is 0 Å². The number of nitrogens with one attached hydrogen (secondary N) is 2. The van der Waals surface area contributed by atoms with E-state index in [1.807, 2.05) is 30.3 Å². The third-order valence-corrected chi connectivity index (χ3v) is 4.07. The number of benzene rings is 2. The summed E-state index contributed by atoms with van der Waals surface area (Å²) in [6.45, 7) is 4.16. The van der Waals surface area contributed by atoms with E-state index in [-0.39, 0.29) is 29.6 Å². The van der Waals surface area contributed by atoms with E-state index in [1.165, 1.54) is 24.4 Å². The zero-order valence-electron chi connectivity index (χ0n) is 17.0. The molecule has 0 fully saturated rings. The summed E-state index contributed by atoms with van der Waals surface area (Å²) >= 11 is 0. The van der Waals surface area contributed by atoms with E-state index >= 15 is 0 Å². The van der Waals surface area contributed by atoms with Crippen LogP contribution >= 0.6 is 0 Å². The molecule has 160 valence electrons. The standard InChI is InChI=1S/C21H21N5O5/c1-3-30-18-12-19(31-4-2)17(26(28)29)10-15(18)13-22-25-21-23-16(11-20(27)24-21)14-8-6-5-7-9-14/h5-13H,3-4H2,1-2H3,(H2,23,24,25,27)/b22-13-. The van der Waals surface area contributed by atoms with Gasteiger partial charge >= 0.3 is 5.69 Å². The topological polar surface area (TPSA) is 132 Å². The summed E-state index contributed by atoms with van der Waals surface area (Å²) in [5, 5.41) is 15.5. The Morgan fingerprint density at radius 1 is 1.13 bits per heavy atom. The van der Waals surface area contributed by atoms with Gasteiger partial charge in [0.05, 0.1) is 30.0 Å². The summed E-state index contributed by atoms with van der Waals surface area (Å²) in [5.41, 5.74) is 3.72. The number of aromatic amines is 1. The Bertz CT molecular complexity index is 1140. The van der Waals surface area contributed by atoms with E-state index in [1.54, 1.807) is 13.8 Å². The van der Waals surface area contributed by atoms with Gasteiger partial charge in [0.1, 0.15) is 5.75 Å². The highest BCUT2D eigenvalue weighted by Crippen LogP contribution is 2.34. The second-order valence-corrected chi connectivity index (χ2v) is 6.20. The maximum atomic E-state index is 12.0. The minimum Gasteiger partial charge on any atom is -0.493 e. The average molecular weight is 423 g/mol. The molecule has 0 spiro atoms. The normalized spacial score (nSPS) is 10.8. The Hall–Kier alpha value is -4.21. The quantitative estimate of drug-likeness (QED) is 0.305. The van der Waals surface area contributed by atoms with Crippen LogP contribution in [0.5, 0.6) is 11.5 Å². The van der Waals surface area contributed by atoms with Crippen LogP contribution in [-0.4, -0.2) is 34.3 Å². The van der Waals surface area contributed by atoms with Gasteiger partial charge in [-0.3, -0.25) is 19.9 Å². The van der Waals surface area contributed by atoms with Crippen LogP contribution in [0.4, 0.5) is 11.6 Å². The zero-order chi connectivity index (χ0) is 22.2. The van der Waals surface area contributed by atoms with Gasteiger partial charge in [0.25, 0.3) is 5.56 Å². The first kappa shape index (κ1) is 21.5. The lowest BCUT2D eigenvalue weighted by Gasteiger charge is -2.11. The highest BCUT2D eigenvalue weighted by atomic mass is 16.6. The Balaban J connectivity index is 1.90. The van der Waals surface area contributed by atoms with Gasteiger partial charge in [-0.05, 0) is 13.8 Å². The van der Waals surface area contributed by atoms with Crippen LogP contribution in [0, 0.1) is 10.1 Å². The molecule has 3 aromatic rings. The third kappa shape index (κ3) is 5.44. The second kappa shape index (κ2) is 10.0. The number of nitro benzene ring substituents is 1. The minimum atomic E-state index is -0.534. The molecule has 0 amide bonds. The molecule has 10 heteroatoms. The molecular formula is C21H21N5O5. The van der Waals surface area contributed by atoms with Crippen LogP contribution < -0.4 is 20.5 Å². The molecular weight excluding hydrogens is 402 g/mol. The Morgan fingerprint density at radius 3 is 2.52 bits per heavy atom. The van der Waals surface area contributed by atoms with Crippen molar-refractivity contribution < 1.29 is 14.4 Å². The van der Waals surface area contributed by atoms with Crippen molar-refractivity contribution in [2.45, 2.75) is 13.8 Å². The average Bonchev–Trinajstić information content (AvgIpc) is 2.75. The van der Waals surface area contributed by atoms with E-state index in [4.69, 9.17) is 9.47 Å². The lowest BCUT2D eigenvalue weighted by atomic mass is 10.1. The molecule has 2 aromatic carbocycles. The summed E-state index contributed by atoms with van der Waals surface area (Å²) in [5.74, 6) is 0.616. The number of anilines is 1. The van der Waals surface area contributed by atoms with E-state index in [9.17, 15) is 14.9 Å². The molecule has 0 aliphatic heterocycles. The highest BCUT2D eigenvalue weighted by molar-refractivity contribution is 5.86. The van der Waals surface area contributed by atoms with Crippen LogP contribution in [0.15, 0.2) is 58.4 Å². The molecule has 31 heavy (non-hydrogen) atoms. The number of hydrogen-bond donors (Lipinski definition) is 2. The maximum absolute atomic E-state index is 12.0. The number of H-pyrrole nitrogens is 1. The van der Waals surface area contributed by atoms with Crippen molar-refractivity contribution in [3.8, 4) is 22.8 Å². The Labute approximate surface area is 177 Å². The van der Waals surface area contributed by atoms with Crippen molar-refractivity contribution >= 4 is 17.9 Å². The lowest BCUT2D eigenvalue weighted by molar-refractivity contribution is -0.385. The van der Waals surface area contributed by atoms with E-state index in [2.05, 4.69) is 20.5 Å². The first-order valence-electron chi connectivity index (χ1n) is 9.55. The summed E-state index contributed by atoms with van der Waals surface area (Å²) in [6.07, 6.45) is 1.35. The molecule has 0 atom stereocenters. The van der Waals surface area contributed by atoms with Gasteiger partial charge in [-0.2, -0.15) is 5.10 Å². The maximum Gasteiger partial charge on any atom is 0.311 e. The van der Waals surface area contributed by atoms with Gasteiger partial charge in [-0.15, -0.1) is 0 Å². The monoisotopic (exact) mass is 423 g/mol. The Kier molecular flexibility index (Phi) is 6.94. The molecule has 0 bridgehead atoms. The first-order chi connectivity index (χ1) is 15.0. The van der Waals surface area contributed by atoms with Gasteiger partial charge in [-0.25, -0.2) is 10.4 Å². The summed E-state index contributed by atoms with van der Waals surface area (Å²) in [4.78, 5) is 29.7. The molecule has 10 nitrogen and oxygen atoms in total. The van der Waals surface area contributed by atoms with Crippen molar-refractivity contribution in [1.29, 1.82) is 0 Å². The lowest BCUT2D eigenvalue weighted by Crippen LogP contribution is -2.10. The molecule has 2 N–H and O–H groups in total. The highest BCUT2D eigenvalue weighted by Gasteiger charge is 2.19. The fourth-order valence-electron chi connectivity index (χ4n) is 2.79. The summed E-state index contributed by atoms with van der Waals surface area (Å²) < 4.78 is 10.9. The van der Waals surface area contributed by atoms with Crippen LogP contribution in [0.25, 0.3) is 11.3 Å². The number of aromatic nitrogens is 2. The third-order valence-electron chi connectivity index (χ3n) is 4.07. The van der Waals surface area contributed by atoms with Gasteiger partial charge in [0.15, 0.2) is 0 Å². The summed E-state index contributed by atoms with van der Waals surface area (Å²) in [6, 6.07) is 13.4. The van der Waals surface area contributed by atoms with Crippen LogP contribution in [0.2, 0.25) is 0 Å². The van der Waals surface area contributed by atoms with Crippen molar-refractivity contribution in [2.75, 3.05) is 18.6 Å². The second-order valence-electron chi connectivity index (χ2n) is 6.20. The molecule has 1 heterocycles. The number of hydrogen-bond acceptors (Lipinski definition) is 8. The predicted octanol–water partition coefficient (Wildman–Crippen LogP) is 3.59. The number of rotatable bonds is 9. The van der Waals surface area contributed by atoms with E-state index < -0.39 is 4.92 Å². The molecule has 0 unspecified atom stereocenters. The van der Waals surface area contributed by atoms with E-state index in [0.717, 1.165) is 5.56 Å². The molecule has 1 aromatic heterocycles. The zero-order valence-corrected chi connectivity index (χ0v) is 17.0. The molecule has 0 radical (unpaired) electrons. The fraction of sp³-hybridized carbons (Fsp3) is 0.190. The smallest absolute Gasteiger partial charge is 0.311 e. The van der Waals surface area contributed by atoms with Gasteiger partial charge in [0, 0.05) is 29.3 Å². The summed E-state index contributed by atoms with van der Waals surface area (Å²) in [7, 11) is 0. The number of nitro groups is 1. The molecule has 0 saturated carbocycles. The molecule has 0 saturated heterocycles. The van der Waals surface area contributed by atoms with Crippen molar-refractivity contribution in [1.82, 2.24) is 9.97 Å². The largest absolute Gasteiger partial charge is 0.493 e. The predicted molar refractivity (Wildman–Crippen MR) is 117 cm³/mol. The number of ether oxygens (including phenoxy) is 2. The first-order valence-corrected chi connectivity index (χ1v) is 9.55. The van der Waals surface area contributed by atoms with Crippen molar-refractivity contribution in [3.05, 3.63) is 74.6 Å². The molecule has 0 aliphatic rings. The van der Waals surface area contributed by atoms with E-state index in [0.29, 0.717) is 23.6 Å². The van der Waals surface area contributed by atoms with Crippen LogP contribution in [0.3, 0.4) is 0 Å². The fourth-order valence-corrected chi connectivity index (χ4v) is 2.79. The van der Waals surface area contributed by atoms with Crippen LogP contribution in [-0.2, 0) is 0 Å². The number of nitrogens with zero attached hydrogens (tertiary/aromatic N) is 3. The van der Waals surface area contributed by atoms with Gasteiger partial charge in [0.2, 0.25) is 11.7 Å². The molecule has 0 aliphatic carbocycles. The van der Waals surface area contributed by atoms with Crippen LogP contribution in [0.1, 0.15) is 19.4 Å². The SMILES string of the molecule is CCOc1cc(OCC)c([N+](=O)[O-])cc1/C=N\Nc1nc(-c2ccccc2)cc(=O)[nH]1. The van der Waals surface area contributed by atoms with Gasteiger partial charge < -0.3 is 9.47 Å². The van der Waals surface area contributed by atoms with Crippen molar-refractivity contribution in [2.24, 2.45) is 5.10 Å². The Morgan fingerprint density at radius 2 is 1.84 bits per heavy atom. The molecule has 3 rings (SSSR count).